The molecule has 0 aromatic rings. The van der Waals surface area contributed by atoms with Gasteiger partial charge >= 0.3 is 5.97 Å². The molecule has 5 unspecified atom stereocenters. The maximum atomic E-state index is 14.1. The van der Waals surface area contributed by atoms with Crippen molar-refractivity contribution in [3.05, 3.63) is 11.6 Å². The summed E-state index contributed by atoms with van der Waals surface area (Å²) in [5, 5.41) is 42.1. The van der Waals surface area contributed by atoms with Crippen LogP contribution in [-0.2, 0) is 14.3 Å². The second kappa shape index (κ2) is 10.1. The maximum absolute atomic E-state index is 14.1. The van der Waals surface area contributed by atoms with Gasteiger partial charge in [0, 0.05) is 5.92 Å². The van der Waals surface area contributed by atoms with Gasteiger partial charge in [-0.25, -0.2) is 0 Å². The van der Waals surface area contributed by atoms with Gasteiger partial charge in [-0.1, -0.05) is 60.1 Å². The zero-order valence-electron chi connectivity index (χ0n) is 28.4. The summed E-state index contributed by atoms with van der Waals surface area (Å²) < 4.78 is 5.85. The lowest BCUT2D eigenvalue weighted by atomic mass is 9.33. The predicted molar refractivity (Wildman–Crippen MR) is 168 cm³/mol. The van der Waals surface area contributed by atoms with Gasteiger partial charge in [-0.05, 0) is 116 Å². The fourth-order valence-corrected chi connectivity index (χ4v) is 12.6. The molecule has 0 radical (unpaired) electrons. The van der Waals surface area contributed by atoms with Crippen LogP contribution in [0.4, 0.5) is 0 Å². The largest absolute Gasteiger partial charge is 0.481 e. The van der Waals surface area contributed by atoms with Crippen LogP contribution >= 0.6 is 0 Å². The average molecular weight is 615 g/mol. The fraction of sp³-hybridized carbons (Fsp3) is 0.892. The van der Waals surface area contributed by atoms with Crippen LogP contribution in [0.3, 0.4) is 0 Å². The van der Waals surface area contributed by atoms with Gasteiger partial charge in [0.1, 0.15) is 24.4 Å². The number of aliphatic hydroxyl groups excluding tert-OH is 3. The van der Waals surface area contributed by atoms with Crippen molar-refractivity contribution in [2.45, 2.75) is 150 Å². The summed E-state index contributed by atoms with van der Waals surface area (Å²) in [5.74, 6) is -0.227. The molecule has 1 aliphatic heterocycles. The summed E-state index contributed by atoms with van der Waals surface area (Å²) in [6.07, 6.45) is 5.54. The summed E-state index contributed by atoms with van der Waals surface area (Å²) in [6, 6.07) is 0. The number of hydrogen-bond acceptors (Lipinski definition) is 6. The molecule has 7 heteroatoms. The van der Waals surface area contributed by atoms with Gasteiger partial charge in [0.2, 0.25) is 0 Å². The lowest BCUT2D eigenvalue weighted by Gasteiger charge is -2.71. The third kappa shape index (κ3) is 4.20. The molecule has 6 rings (SSSR count). The third-order valence-corrected chi connectivity index (χ3v) is 15.6. The Kier molecular flexibility index (Phi) is 7.50. The van der Waals surface area contributed by atoms with Gasteiger partial charge < -0.3 is 25.2 Å². The van der Waals surface area contributed by atoms with Crippen molar-refractivity contribution < 1.29 is 34.8 Å². The Bertz CT molecular complexity index is 1240. The van der Waals surface area contributed by atoms with E-state index in [0.717, 1.165) is 57.8 Å². The molecule has 1 heterocycles. The van der Waals surface area contributed by atoms with Gasteiger partial charge in [0.15, 0.2) is 5.78 Å². The zero-order valence-corrected chi connectivity index (χ0v) is 28.4. The van der Waals surface area contributed by atoms with Crippen molar-refractivity contribution >= 4 is 11.8 Å². The van der Waals surface area contributed by atoms with Gasteiger partial charge in [0.05, 0.1) is 11.5 Å². The molecule has 0 bridgehead atoms. The molecule has 5 fully saturated rings. The molecule has 13 atom stereocenters. The highest BCUT2D eigenvalue weighted by molar-refractivity contribution is 5.87. The molecule has 248 valence electrons. The molecular weight excluding hydrogens is 556 g/mol. The number of aliphatic hydroxyl groups is 3. The van der Waals surface area contributed by atoms with Gasteiger partial charge in [-0.2, -0.15) is 0 Å². The van der Waals surface area contributed by atoms with Crippen LogP contribution in [0.5, 0.6) is 0 Å². The number of carbonyl (C=O) groups excluding carboxylic acids is 1. The van der Waals surface area contributed by atoms with Crippen molar-refractivity contribution in [1.29, 1.82) is 0 Å². The van der Waals surface area contributed by atoms with Crippen LogP contribution in [0.25, 0.3) is 0 Å². The average Bonchev–Trinajstić information content (AvgIpc) is 2.93. The standard InChI is InChI=1S/C37H58O7/c1-20-26(38)28(40)29(41)30(44-20)27(39)22-11-13-34(6)24(33(22,4)5)12-14-36(8)25(34)10-9-21-23-19-32(2,3)15-17-37(23,31(42)43)18-16-35(21,36)7/h9,20,22-26,28-30,38,40-41H,10-19H2,1-8H3,(H,42,43)/t20?,22-,23?,24?,25?,26-,28?,29+,30+,34+,35-,36-,37+/m1/s1. The highest BCUT2D eigenvalue weighted by atomic mass is 16.5. The first-order valence-electron chi connectivity index (χ1n) is 17.4. The Labute approximate surface area is 264 Å². The minimum Gasteiger partial charge on any atom is -0.481 e. The molecule has 1 saturated heterocycles. The second-order valence-corrected chi connectivity index (χ2v) is 18.2. The van der Waals surface area contributed by atoms with E-state index >= 15 is 0 Å². The van der Waals surface area contributed by atoms with Crippen molar-refractivity contribution in [1.82, 2.24) is 0 Å². The normalized spacial score (nSPS) is 52.8. The summed E-state index contributed by atoms with van der Waals surface area (Å²) in [6.45, 7) is 18.2. The molecule has 0 spiro atoms. The number of carboxylic acids is 1. The number of carbonyl (C=O) groups is 2. The first-order valence-corrected chi connectivity index (χ1v) is 17.4. The van der Waals surface area contributed by atoms with Gasteiger partial charge in [-0.3, -0.25) is 9.59 Å². The monoisotopic (exact) mass is 614 g/mol. The zero-order chi connectivity index (χ0) is 32.4. The molecule has 0 aromatic heterocycles. The topological polar surface area (TPSA) is 124 Å². The molecule has 7 nitrogen and oxygen atoms in total. The summed E-state index contributed by atoms with van der Waals surface area (Å²) in [7, 11) is 0. The van der Waals surface area contributed by atoms with E-state index in [9.17, 15) is 30.0 Å². The van der Waals surface area contributed by atoms with E-state index in [1.807, 2.05) is 0 Å². The molecule has 4 N–H and O–H groups in total. The van der Waals surface area contributed by atoms with Crippen molar-refractivity contribution in [2.75, 3.05) is 0 Å². The number of carboxylic acid groups (broad SMARTS) is 1. The molecule has 44 heavy (non-hydrogen) atoms. The van der Waals surface area contributed by atoms with Crippen molar-refractivity contribution in [3.8, 4) is 0 Å². The van der Waals surface area contributed by atoms with Crippen LogP contribution in [0.1, 0.15) is 120 Å². The highest BCUT2D eigenvalue weighted by Gasteiger charge is 2.70. The van der Waals surface area contributed by atoms with Crippen LogP contribution in [0.15, 0.2) is 11.6 Å². The smallest absolute Gasteiger partial charge is 0.310 e. The number of aliphatic carboxylic acids is 1. The van der Waals surface area contributed by atoms with E-state index in [4.69, 9.17) is 4.74 Å². The molecule has 5 aliphatic carbocycles. The fourth-order valence-electron chi connectivity index (χ4n) is 12.6. The molecule has 4 saturated carbocycles. The number of rotatable bonds is 3. The Balaban J connectivity index is 1.32. The molecular formula is C37H58O7. The van der Waals surface area contributed by atoms with Crippen LogP contribution in [0, 0.1) is 56.2 Å². The van der Waals surface area contributed by atoms with E-state index in [1.165, 1.54) is 5.57 Å². The Hall–Kier alpha value is -1.28. The number of ketones is 1. The summed E-state index contributed by atoms with van der Waals surface area (Å²) >= 11 is 0. The number of Topliss-reactive ketones (excluding diaryl/α,β-unsaturated/α-hetero) is 1. The molecule has 0 amide bonds. The van der Waals surface area contributed by atoms with E-state index in [-0.39, 0.29) is 44.7 Å². The van der Waals surface area contributed by atoms with E-state index in [1.54, 1.807) is 6.92 Å². The number of ether oxygens (including phenoxy) is 1. The van der Waals surface area contributed by atoms with Gasteiger partial charge in [0.25, 0.3) is 0 Å². The minimum atomic E-state index is -1.44. The van der Waals surface area contributed by atoms with Crippen molar-refractivity contribution in [3.63, 3.8) is 0 Å². The maximum Gasteiger partial charge on any atom is 0.310 e. The number of hydrogen-bond donors (Lipinski definition) is 4. The third-order valence-electron chi connectivity index (χ3n) is 15.6. The molecule has 6 aliphatic rings. The van der Waals surface area contributed by atoms with E-state index in [2.05, 4.69) is 54.5 Å². The Morgan fingerprint density at radius 3 is 2.14 bits per heavy atom. The lowest BCUT2D eigenvalue weighted by Crippen LogP contribution is -2.66. The lowest BCUT2D eigenvalue weighted by molar-refractivity contribution is -0.225. The number of fused-ring (bicyclic) bond motifs is 7. The summed E-state index contributed by atoms with van der Waals surface area (Å²) in [5.41, 5.74) is 0.605. The predicted octanol–water partition coefficient (Wildman–Crippen LogP) is 5.93. The second-order valence-electron chi connectivity index (χ2n) is 18.2. The Morgan fingerprint density at radius 2 is 1.48 bits per heavy atom. The minimum absolute atomic E-state index is 0.0144. The van der Waals surface area contributed by atoms with Crippen LogP contribution in [0.2, 0.25) is 0 Å². The quantitative estimate of drug-likeness (QED) is 0.291. The van der Waals surface area contributed by atoms with E-state index < -0.39 is 41.9 Å². The first kappa shape index (κ1) is 32.7. The molecule has 0 aromatic carbocycles. The highest BCUT2D eigenvalue weighted by Crippen LogP contribution is 2.76. The SMILES string of the molecule is CC1O[C@@H](C(=O)[C@H]2CC[C@@]3(C)C(CC[C@]4(C)C3CC=C3C5CC(C)(C)CC[C@]5(C(=O)O)CC[C@]34C)C2(C)C)[C@@H](O)C(O)[C@@H]1O. The van der Waals surface area contributed by atoms with Gasteiger partial charge in [-0.15, -0.1) is 0 Å². The number of allylic oxidation sites excluding steroid dienone is 2. The van der Waals surface area contributed by atoms with E-state index in [0.29, 0.717) is 18.3 Å². The van der Waals surface area contributed by atoms with Crippen molar-refractivity contribution in [2.24, 2.45) is 56.2 Å². The van der Waals surface area contributed by atoms with Crippen LogP contribution in [-0.4, -0.2) is 62.7 Å². The van der Waals surface area contributed by atoms with Crippen LogP contribution < -0.4 is 0 Å². The first-order chi connectivity index (χ1) is 20.3. The Morgan fingerprint density at radius 1 is 0.818 bits per heavy atom. The summed E-state index contributed by atoms with van der Waals surface area (Å²) in [4.78, 5) is 27.0.